The van der Waals surface area contributed by atoms with Gasteiger partial charge in [0.05, 0.1) is 11.8 Å². The summed E-state index contributed by atoms with van der Waals surface area (Å²) in [4.78, 5) is 3.90. The standard InChI is InChI=1S/C30H37ClN2OS/c31-24-5-6-25-26-3-1-2-4-28(26)35-33(27(25)14-24)18-20-7-9-32(10-8-20)19-29(34)30-15-21-11-22(16-30)13-23(12-21)17-30/h1-6,14,20-23,29,34H,7-13,15-19H2/t21?,22?,23?,29-,30?/m0/s1. The van der Waals surface area contributed by atoms with Crippen LogP contribution in [0.4, 0.5) is 5.69 Å². The minimum Gasteiger partial charge on any atom is -0.391 e. The predicted molar refractivity (Wildman–Crippen MR) is 146 cm³/mol. The van der Waals surface area contributed by atoms with Crippen LogP contribution in [-0.4, -0.2) is 42.3 Å². The van der Waals surface area contributed by atoms with Gasteiger partial charge in [-0.05, 0) is 129 Å². The third-order valence-corrected chi connectivity index (χ3v) is 11.3. The summed E-state index contributed by atoms with van der Waals surface area (Å²) < 4.78 is 2.48. The molecule has 35 heavy (non-hydrogen) atoms. The highest BCUT2D eigenvalue weighted by Crippen LogP contribution is 2.61. The topological polar surface area (TPSA) is 26.7 Å². The molecule has 1 N–H and O–H groups in total. The van der Waals surface area contributed by atoms with E-state index in [0.29, 0.717) is 5.92 Å². The van der Waals surface area contributed by atoms with Crippen LogP contribution in [0.1, 0.15) is 51.4 Å². The molecule has 0 radical (unpaired) electrons. The van der Waals surface area contributed by atoms with Crippen molar-refractivity contribution in [3.8, 4) is 11.1 Å². The first kappa shape index (κ1) is 23.0. The molecular weight excluding hydrogens is 472 g/mol. The van der Waals surface area contributed by atoms with Crippen LogP contribution in [0.3, 0.4) is 0 Å². The van der Waals surface area contributed by atoms with E-state index >= 15 is 0 Å². The molecule has 0 spiro atoms. The second kappa shape index (κ2) is 8.97. The van der Waals surface area contributed by atoms with Crippen LogP contribution in [0.2, 0.25) is 5.02 Å². The first-order valence-corrected chi connectivity index (χ1v) is 14.9. The zero-order chi connectivity index (χ0) is 23.6. The Morgan fingerprint density at radius 1 is 0.943 bits per heavy atom. The first-order valence-electron chi connectivity index (χ1n) is 13.8. The summed E-state index contributed by atoms with van der Waals surface area (Å²) in [5.74, 6) is 3.40. The van der Waals surface area contributed by atoms with Crippen molar-refractivity contribution in [2.45, 2.75) is 62.4 Å². The highest BCUT2D eigenvalue weighted by molar-refractivity contribution is 8.01. The summed E-state index contributed by atoms with van der Waals surface area (Å²) in [7, 11) is 0. The molecule has 186 valence electrons. The number of benzene rings is 2. The Kier molecular flexibility index (Phi) is 5.89. The summed E-state index contributed by atoms with van der Waals surface area (Å²) in [5, 5.41) is 12.3. The molecule has 4 bridgehead atoms. The minimum absolute atomic E-state index is 0.129. The van der Waals surface area contributed by atoms with Gasteiger partial charge in [0.25, 0.3) is 0 Å². The quantitative estimate of drug-likeness (QED) is 0.435. The van der Waals surface area contributed by atoms with E-state index in [9.17, 15) is 5.11 Å². The van der Waals surface area contributed by atoms with Gasteiger partial charge in [-0.2, -0.15) is 0 Å². The normalized spacial score (nSPS) is 33.0. The van der Waals surface area contributed by atoms with Crippen LogP contribution in [0.15, 0.2) is 47.4 Å². The second-order valence-electron chi connectivity index (χ2n) is 12.3. The van der Waals surface area contributed by atoms with Crippen molar-refractivity contribution in [1.82, 2.24) is 4.90 Å². The fraction of sp³-hybridized carbons (Fsp3) is 0.600. The molecule has 2 heterocycles. The van der Waals surface area contributed by atoms with Crippen LogP contribution >= 0.6 is 23.5 Å². The van der Waals surface area contributed by atoms with Crippen molar-refractivity contribution in [1.29, 1.82) is 0 Å². The molecule has 0 amide bonds. The Morgan fingerprint density at radius 2 is 1.63 bits per heavy atom. The average molecular weight is 509 g/mol. The molecular formula is C30H37ClN2OS. The van der Waals surface area contributed by atoms with Gasteiger partial charge < -0.3 is 14.3 Å². The van der Waals surface area contributed by atoms with Crippen LogP contribution < -0.4 is 4.31 Å². The van der Waals surface area contributed by atoms with E-state index in [4.69, 9.17) is 11.6 Å². The third-order valence-electron chi connectivity index (χ3n) is 9.97. The van der Waals surface area contributed by atoms with Crippen molar-refractivity contribution in [2.24, 2.45) is 29.1 Å². The Labute approximate surface area is 219 Å². The number of anilines is 1. The first-order chi connectivity index (χ1) is 17.0. The smallest absolute Gasteiger partial charge is 0.0723 e. The van der Waals surface area contributed by atoms with E-state index in [2.05, 4.69) is 45.6 Å². The van der Waals surface area contributed by atoms with Gasteiger partial charge in [-0.3, -0.25) is 0 Å². The number of likely N-dealkylation sites (tertiary alicyclic amines) is 1. The number of β-amino-alcohol motifs (C(OH)–C–C–N with tert-alkyl or cyclic N) is 1. The molecule has 1 atom stereocenters. The van der Waals surface area contributed by atoms with E-state index in [1.54, 1.807) is 0 Å². The van der Waals surface area contributed by atoms with Gasteiger partial charge in [0.2, 0.25) is 0 Å². The van der Waals surface area contributed by atoms with Gasteiger partial charge in [-0.15, -0.1) is 0 Å². The molecule has 5 fully saturated rings. The number of aliphatic hydroxyl groups is 1. The fourth-order valence-corrected chi connectivity index (χ4v) is 9.98. The van der Waals surface area contributed by atoms with Crippen molar-refractivity contribution >= 4 is 29.2 Å². The Hall–Kier alpha value is -1.20. The highest BCUT2D eigenvalue weighted by atomic mass is 35.5. The number of piperidine rings is 1. The number of halogens is 1. The molecule has 2 aromatic rings. The largest absolute Gasteiger partial charge is 0.391 e. The molecule has 4 saturated carbocycles. The maximum Gasteiger partial charge on any atom is 0.0723 e. The number of aliphatic hydroxyl groups excluding tert-OH is 1. The Balaban J connectivity index is 0.990. The Bertz CT molecular complexity index is 1060. The van der Waals surface area contributed by atoms with Gasteiger partial charge in [0, 0.05) is 28.6 Å². The summed E-state index contributed by atoms with van der Waals surface area (Å²) in [6.07, 6.45) is 10.5. The van der Waals surface area contributed by atoms with Crippen molar-refractivity contribution in [3.63, 3.8) is 0 Å². The van der Waals surface area contributed by atoms with Crippen LogP contribution in [-0.2, 0) is 0 Å². The molecule has 3 nitrogen and oxygen atoms in total. The number of rotatable bonds is 5. The molecule has 2 aromatic carbocycles. The summed E-state index contributed by atoms with van der Waals surface area (Å²) in [6, 6.07) is 15.0. The lowest BCUT2D eigenvalue weighted by atomic mass is 9.48. The maximum absolute atomic E-state index is 11.5. The Morgan fingerprint density at radius 3 is 2.34 bits per heavy atom. The van der Waals surface area contributed by atoms with Crippen LogP contribution in [0.25, 0.3) is 11.1 Å². The van der Waals surface area contributed by atoms with Gasteiger partial charge in [0.1, 0.15) is 0 Å². The molecule has 1 saturated heterocycles. The van der Waals surface area contributed by atoms with Crippen molar-refractivity contribution in [2.75, 3.05) is 30.5 Å². The van der Waals surface area contributed by atoms with Crippen LogP contribution in [0, 0.1) is 29.1 Å². The number of fused-ring (bicyclic) bond motifs is 3. The molecule has 0 aromatic heterocycles. The maximum atomic E-state index is 11.5. The second-order valence-corrected chi connectivity index (χ2v) is 13.8. The monoisotopic (exact) mass is 508 g/mol. The van der Waals surface area contributed by atoms with Crippen molar-refractivity contribution < 1.29 is 5.11 Å². The van der Waals surface area contributed by atoms with E-state index in [1.165, 1.54) is 73.1 Å². The van der Waals surface area contributed by atoms with Gasteiger partial charge in [0.15, 0.2) is 0 Å². The van der Waals surface area contributed by atoms with Gasteiger partial charge >= 0.3 is 0 Å². The van der Waals surface area contributed by atoms with Crippen LogP contribution in [0.5, 0.6) is 0 Å². The van der Waals surface area contributed by atoms with E-state index in [-0.39, 0.29) is 11.5 Å². The molecule has 0 unspecified atom stereocenters. The summed E-state index contributed by atoms with van der Waals surface area (Å²) in [5.41, 5.74) is 4.10. The minimum atomic E-state index is -0.129. The SMILES string of the molecule is O[C@@H](CN1CCC(CN2Sc3ccccc3-c3ccc(Cl)cc32)CC1)C12CC3CC(CC(C3)C1)C2. The van der Waals surface area contributed by atoms with Crippen molar-refractivity contribution in [3.05, 3.63) is 47.5 Å². The number of nitrogens with zero attached hydrogens (tertiary/aromatic N) is 2. The zero-order valence-electron chi connectivity index (χ0n) is 20.5. The van der Waals surface area contributed by atoms with E-state index in [0.717, 1.165) is 49.0 Å². The summed E-state index contributed by atoms with van der Waals surface area (Å²) in [6.45, 7) is 4.18. The highest BCUT2D eigenvalue weighted by Gasteiger charge is 2.54. The third kappa shape index (κ3) is 4.23. The average Bonchev–Trinajstić information content (AvgIpc) is 2.84. The lowest BCUT2D eigenvalue weighted by Gasteiger charge is -2.59. The lowest BCUT2D eigenvalue weighted by Crippen LogP contribution is -2.55. The van der Waals surface area contributed by atoms with E-state index in [1.807, 2.05) is 18.0 Å². The molecule has 4 aliphatic carbocycles. The van der Waals surface area contributed by atoms with Gasteiger partial charge in [-0.25, -0.2) is 0 Å². The lowest BCUT2D eigenvalue weighted by molar-refractivity contribution is -0.127. The molecule has 6 aliphatic rings. The number of hydrogen-bond acceptors (Lipinski definition) is 4. The van der Waals surface area contributed by atoms with E-state index < -0.39 is 0 Å². The molecule has 5 heteroatoms. The zero-order valence-corrected chi connectivity index (χ0v) is 22.1. The molecule has 2 aliphatic heterocycles. The number of hydrogen-bond donors (Lipinski definition) is 1. The summed E-state index contributed by atoms with van der Waals surface area (Å²) >= 11 is 8.29. The fourth-order valence-electron chi connectivity index (χ4n) is 8.62. The van der Waals surface area contributed by atoms with Gasteiger partial charge in [-0.1, -0.05) is 35.9 Å². The molecule has 8 rings (SSSR count). The predicted octanol–water partition coefficient (Wildman–Crippen LogP) is 7.12.